The molecule has 0 radical (unpaired) electrons. The Kier molecular flexibility index (Phi) is 5.96. The molecule has 1 aromatic heterocycles. The van der Waals surface area contributed by atoms with E-state index in [1.807, 2.05) is 0 Å². The van der Waals surface area contributed by atoms with Crippen LogP contribution in [-0.4, -0.2) is 34.9 Å². The minimum atomic E-state index is -0.239. The number of rotatable bonds is 6. The second-order valence-corrected chi connectivity index (χ2v) is 7.10. The Balaban J connectivity index is 1.61. The molecule has 1 atom stereocenters. The molecule has 1 aliphatic rings. The SMILES string of the molecule is CCCNC(=O)C1CCCN(c2nc(Cc3ccc(F)cc3)ns2)C1. The minimum absolute atomic E-state index is 0.0183. The van der Waals surface area contributed by atoms with Gasteiger partial charge in [-0.25, -0.2) is 9.37 Å². The second-order valence-electron chi connectivity index (χ2n) is 6.37. The van der Waals surface area contributed by atoms with Crippen molar-refractivity contribution in [1.82, 2.24) is 14.7 Å². The Morgan fingerprint density at radius 2 is 2.20 bits per heavy atom. The highest BCUT2D eigenvalue weighted by Gasteiger charge is 2.27. The number of nitrogens with zero attached hydrogens (tertiary/aromatic N) is 3. The van der Waals surface area contributed by atoms with E-state index in [-0.39, 0.29) is 17.6 Å². The van der Waals surface area contributed by atoms with Crippen LogP contribution in [0.4, 0.5) is 9.52 Å². The monoisotopic (exact) mass is 362 g/mol. The molecule has 0 spiro atoms. The number of anilines is 1. The fourth-order valence-corrected chi connectivity index (χ4v) is 3.71. The smallest absolute Gasteiger partial charge is 0.224 e. The molecule has 1 aliphatic heterocycles. The van der Waals surface area contributed by atoms with Gasteiger partial charge in [-0.15, -0.1) is 0 Å². The van der Waals surface area contributed by atoms with Crippen LogP contribution >= 0.6 is 11.5 Å². The average molecular weight is 362 g/mol. The number of halogens is 1. The molecule has 1 unspecified atom stereocenters. The Labute approximate surface area is 151 Å². The summed E-state index contributed by atoms with van der Waals surface area (Å²) in [7, 11) is 0. The number of nitrogens with one attached hydrogen (secondary N) is 1. The zero-order valence-corrected chi connectivity index (χ0v) is 15.2. The fraction of sp³-hybridized carbons (Fsp3) is 0.500. The molecule has 134 valence electrons. The van der Waals surface area contributed by atoms with E-state index >= 15 is 0 Å². The largest absolute Gasteiger partial charge is 0.356 e. The highest BCUT2D eigenvalue weighted by molar-refractivity contribution is 7.09. The fourth-order valence-electron chi connectivity index (χ4n) is 2.99. The number of carbonyl (C=O) groups excluding carboxylic acids is 1. The third-order valence-corrected chi connectivity index (χ3v) is 5.16. The first-order valence-electron chi connectivity index (χ1n) is 8.75. The van der Waals surface area contributed by atoms with Crippen LogP contribution in [0, 0.1) is 11.7 Å². The van der Waals surface area contributed by atoms with E-state index in [2.05, 4.69) is 26.5 Å². The van der Waals surface area contributed by atoms with E-state index < -0.39 is 0 Å². The van der Waals surface area contributed by atoms with Gasteiger partial charge in [0.1, 0.15) is 11.6 Å². The van der Waals surface area contributed by atoms with E-state index in [1.165, 1.54) is 23.7 Å². The zero-order valence-electron chi connectivity index (χ0n) is 14.4. The Bertz CT molecular complexity index is 703. The van der Waals surface area contributed by atoms with Crippen molar-refractivity contribution in [2.45, 2.75) is 32.6 Å². The van der Waals surface area contributed by atoms with E-state index in [4.69, 9.17) is 0 Å². The third-order valence-electron chi connectivity index (χ3n) is 4.34. The zero-order chi connectivity index (χ0) is 17.6. The first-order valence-corrected chi connectivity index (χ1v) is 9.52. The number of amides is 1. The first kappa shape index (κ1) is 17.8. The van der Waals surface area contributed by atoms with Gasteiger partial charge in [-0.3, -0.25) is 4.79 Å². The highest BCUT2D eigenvalue weighted by Crippen LogP contribution is 2.25. The number of hydrogen-bond acceptors (Lipinski definition) is 5. The normalized spacial score (nSPS) is 17.5. The molecule has 0 bridgehead atoms. The molecule has 1 N–H and O–H groups in total. The van der Waals surface area contributed by atoms with Crippen molar-refractivity contribution < 1.29 is 9.18 Å². The van der Waals surface area contributed by atoms with E-state index in [0.29, 0.717) is 13.0 Å². The van der Waals surface area contributed by atoms with Gasteiger partial charge < -0.3 is 10.2 Å². The number of aromatic nitrogens is 2. The van der Waals surface area contributed by atoms with Crippen LogP contribution in [0.3, 0.4) is 0 Å². The predicted molar refractivity (Wildman–Crippen MR) is 97.4 cm³/mol. The summed E-state index contributed by atoms with van der Waals surface area (Å²) in [5.41, 5.74) is 0.987. The Hall–Kier alpha value is -2.02. The first-order chi connectivity index (χ1) is 12.2. The Morgan fingerprint density at radius 1 is 1.40 bits per heavy atom. The van der Waals surface area contributed by atoms with Crippen LogP contribution < -0.4 is 10.2 Å². The molecular weight excluding hydrogens is 339 g/mol. The van der Waals surface area contributed by atoms with Crippen LogP contribution in [0.25, 0.3) is 0 Å². The average Bonchev–Trinajstić information content (AvgIpc) is 3.10. The molecule has 0 aliphatic carbocycles. The lowest BCUT2D eigenvalue weighted by Gasteiger charge is -2.31. The summed E-state index contributed by atoms with van der Waals surface area (Å²) in [5.74, 6) is 0.660. The van der Waals surface area contributed by atoms with Crippen molar-refractivity contribution in [2.24, 2.45) is 5.92 Å². The Morgan fingerprint density at radius 3 is 2.96 bits per heavy atom. The van der Waals surface area contributed by atoms with Crippen LogP contribution in [-0.2, 0) is 11.2 Å². The van der Waals surface area contributed by atoms with Gasteiger partial charge >= 0.3 is 0 Å². The summed E-state index contributed by atoms with van der Waals surface area (Å²) in [4.78, 5) is 19.0. The number of benzene rings is 1. The standard InChI is InChI=1S/C18H23FN4OS/c1-2-9-20-17(24)14-4-3-10-23(12-14)18-21-16(22-25-18)11-13-5-7-15(19)8-6-13/h5-8,14H,2-4,9-12H2,1H3,(H,20,24). The van der Waals surface area contributed by atoms with E-state index in [9.17, 15) is 9.18 Å². The predicted octanol–water partition coefficient (Wildman–Crippen LogP) is 3.01. The summed E-state index contributed by atoms with van der Waals surface area (Å²) in [6.45, 7) is 4.39. The van der Waals surface area contributed by atoms with Crippen molar-refractivity contribution >= 4 is 22.6 Å². The maximum Gasteiger partial charge on any atom is 0.224 e. The van der Waals surface area contributed by atoms with Gasteiger partial charge in [0.15, 0.2) is 0 Å². The summed E-state index contributed by atoms with van der Waals surface area (Å²) >= 11 is 1.37. The van der Waals surface area contributed by atoms with Crippen molar-refractivity contribution in [3.8, 4) is 0 Å². The van der Waals surface area contributed by atoms with Gasteiger partial charge in [0.2, 0.25) is 11.0 Å². The lowest BCUT2D eigenvalue weighted by Crippen LogP contribution is -2.43. The van der Waals surface area contributed by atoms with Crippen LogP contribution in [0.2, 0.25) is 0 Å². The van der Waals surface area contributed by atoms with Gasteiger partial charge in [0.25, 0.3) is 0 Å². The molecular formula is C18H23FN4OS. The summed E-state index contributed by atoms with van der Waals surface area (Å²) < 4.78 is 17.4. The molecule has 2 heterocycles. The number of piperidine rings is 1. The van der Waals surface area contributed by atoms with Crippen LogP contribution in [0.15, 0.2) is 24.3 Å². The van der Waals surface area contributed by atoms with Crippen molar-refractivity contribution in [2.75, 3.05) is 24.5 Å². The number of carbonyl (C=O) groups is 1. The topological polar surface area (TPSA) is 58.1 Å². The third kappa shape index (κ3) is 4.75. The lowest BCUT2D eigenvalue weighted by molar-refractivity contribution is -0.125. The molecule has 25 heavy (non-hydrogen) atoms. The van der Waals surface area contributed by atoms with Gasteiger partial charge in [0.05, 0.1) is 5.92 Å². The number of hydrogen-bond donors (Lipinski definition) is 1. The molecule has 1 fully saturated rings. The van der Waals surface area contributed by atoms with Gasteiger partial charge in [0, 0.05) is 37.6 Å². The molecule has 1 amide bonds. The quantitative estimate of drug-likeness (QED) is 0.858. The summed E-state index contributed by atoms with van der Waals surface area (Å²) in [5, 5.41) is 3.85. The lowest BCUT2D eigenvalue weighted by atomic mass is 9.97. The van der Waals surface area contributed by atoms with Gasteiger partial charge in [-0.1, -0.05) is 19.1 Å². The molecule has 3 rings (SSSR count). The molecule has 1 saturated heterocycles. The molecule has 2 aromatic rings. The second kappa shape index (κ2) is 8.38. The van der Waals surface area contributed by atoms with Crippen LogP contribution in [0.5, 0.6) is 0 Å². The minimum Gasteiger partial charge on any atom is -0.356 e. The van der Waals surface area contributed by atoms with Crippen molar-refractivity contribution in [3.05, 3.63) is 41.5 Å². The summed E-state index contributed by atoms with van der Waals surface area (Å²) in [6, 6.07) is 6.41. The van der Waals surface area contributed by atoms with E-state index in [0.717, 1.165) is 48.9 Å². The van der Waals surface area contributed by atoms with Crippen molar-refractivity contribution in [3.63, 3.8) is 0 Å². The molecule has 0 saturated carbocycles. The highest BCUT2D eigenvalue weighted by atomic mass is 32.1. The maximum absolute atomic E-state index is 13.0. The molecule has 7 heteroatoms. The van der Waals surface area contributed by atoms with Gasteiger partial charge in [-0.2, -0.15) is 4.37 Å². The molecule has 1 aromatic carbocycles. The maximum atomic E-state index is 13.0. The van der Waals surface area contributed by atoms with Gasteiger partial charge in [-0.05, 0) is 37.0 Å². The summed E-state index contributed by atoms with van der Waals surface area (Å²) in [6.07, 6.45) is 3.45. The molecule has 5 nitrogen and oxygen atoms in total. The van der Waals surface area contributed by atoms with Crippen molar-refractivity contribution in [1.29, 1.82) is 0 Å². The van der Waals surface area contributed by atoms with Crippen LogP contribution in [0.1, 0.15) is 37.6 Å². The van der Waals surface area contributed by atoms with E-state index in [1.54, 1.807) is 12.1 Å².